The fourth-order valence-corrected chi connectivity index (χ4v) is 2.54. The molecule has 0 spiro atoms. The van der Waals surface area contributed by atoms with E-state index in [9.17, 15) is 0 Å². The first-order valence-electron chi connectivity index (χ1n) is 7.87. The van der Waals surface area contributed by atoms with Crippen molar-refractivity contribution in [2.45, 2.75) is 71.6 Å². The number of nitrogens with zero attached hydrogens (tertiary/aromatic N) is 2. The first kappa shape index (κ1) is 16.2. The van der Waals surface area contributed by atoms with Crippen LogP contribution < -0.4 is 5.32 Å². The van der Waals surface area contributed by atoms with Gasteiger partial charge in [-0.2, -0.15) is 4.98 Å². The predicted octanol–water partition coefficient (Wildman–Crippen LogP) is 3.32. The highest BCUT2D eigenvalue weighted by molar-refractivity contribution is 4.94. The Bertz CT molecular complexity index is 466. The lowest BCUT2D eigenvalue weighted by atomic mass is 10.1. The maximum absolute atomic E-state index is 5.98. The van der Waals surface area contributed by atoms with Crippen LogP contribution in [-0.4, -0.2) is 28.8 Å². The molecule has 0 amide bonds. The Labute approximate surface area is 127 Å². The number of aromatic nitrogens is 2. The summed E-state index contributed by atoms with van der Waals surface area (Å²) in [6.45, 7) is 9.23. The number of aryl methyl sites for hydroxylation is 1. The maximum atomic E-state index is 5.98. The molecule has 2 rings (SSSR count). The highest BCUT2D eigenvalue weighted by Crippen LogP contribution is 2.31. The van der Waals surface area contributed by atoms with Crippen molar-refractivity contribution in [2.75, 3.05) is 6.54 Å². The summed E-state index contributed by atoms with van der Waals surface area (Å²) < 4.78 is 11.2. The molecule has 1 aromatic rings. The van der Waals surface area contributed by atoms with Crippen molar-refractivity contribution in [3.05, 3.63) is 23.4 Å². The Kier molecular flexibility index (Phi) is 5.94. The lowest BCUT2D eigenvalue weighted by Gasteiger charge is -2.17. The Morgan fingerprint density at radius 1 is 1.43 bits per heavy atom. The molecular formula is C16H27N3O2. The molecule has 1 fully saturated rings. The van der Waals surface area contributed by atoms with Gasteiger partial charge in [0.05, 0.1) is 6.10 Å². The Hall–Kier alpha value is -1.20. The predicted molar refractivity (Wildman–Crippen MR) is 82.0 cm³/mol. The molecule has 1 aromatic heterocycles. The van der Waals surface area contributed by atoms with Crippen LogP contribution in [0, 0.1) is 6.92 Å². The smallest absolute Gasteiger partial charge is 0.255 e. The minimum atomic E-state index is -0.0287. The van der Waals surface area contributed by atoms with Gasteiger partial charge in [-0.3, -0.25) is 0 Å². The molecule has 5 heteroatoms. The van der Waals surface area contributed by atoms with Crippen LogP contribution in [0.3, 0.4) is 0 Å². The summed E-state index contributed by atoms with van der Waals surface area (Å²) in [6.07, 6.45) is 6.79. The lowest BCUT2D eigenvalue weighted by Crippen LogP contribution is -2.33. The lowest BCUT2D eigenvalue weighted by molar-refractivity contribution is 0.0254. The molecule has 1 aliphatic rings. The van der Waals surface area contributed by atoms with Crippen molar-refractivity contribution in [3.8, 4) is 0 Å². The second kappa shape index (κ2) is 7.71. The first-order chi connectivity index (χ1) is 10.0. The molecule has 0 saturated carbocycles. The van der Waals surface area contributed by atoms with Crippen molar-refractivity contribution >= 4 is 0 Å². The summed E-state index contributed by atoms with van der Waals surface area (Å²) in [5.74, 6) is 1.29. The summed E-state index contributed by atoms with van der Waals surface area (Å²) in [5, 5.41) is 7.38. The van der Waals surface area contributed by atoms with Gasteiger partial charge in [0.25, 0.3) is 5.89 Å². The van der Waals surface area contributed by atoms with E-state index >= 15 is 0 Å². The third-order valence-corrected chi connectivity index (χ3v) is 3.77. The van der Waals surface area contributed by atoms with Crippen LogP contribution in [0.15, 0.2) is 16.2 Å². The molecule has 1 N–H and O–H groups in total. The highest BCUT2D eigenvalue weighted by atomic mass is 16.5. The van der Waals surface area contributed by atoms with Gasteiger partial charge in [-0.1, -0.05) is 16.8 Å². The molecule has 118 valence electrons. The van der Waals surface area contributed by atoms with Crippen molar-refractivity contribution in [1.29, 1.82) is 0 Å². The number of allylic oxidation sites excluding steroid dienone is 2. The van der Waals surface area contributed by atoms with Crippen LogP contribution in [0.25, 0.3) is 0 Å². The molecule has 0 radical (unpaired) electrons. The monoisotopic (exact) mass is 293 g/mol. The van der Waals surface area contributed by atoms with Gasteiger partial charge in [-0.15, -0.1) is 0 Å². The van der Waals surface area contributed by atoms with Gasteiger partial charge in [0, 0.05) is 12.6 Å². The minimum absolute atomic E-state index is 0.0287. The largest absolute Gasteiger partial charge is 0.364 e. The van der Waals surface area contributed by atoms with E-state index in [2.05, 4.69) is 42.3 Å². The van der Waals surface area contributed by atoms with Crippen molar-refractivity contribution < 1.29 is 9.26 Å². The van der Waals surface area contributed by atoms with Crippen molar-refractivity contribution in [3.63, 3.8) is 0 Å². The van der Waals surface area contributed by atoms with Crippen LogP contribution in [-0.2, 0) is 4.74 Å². The van der Waals surface area contributed by atoms with E-state index in [4.69, 9.17) is 9.26 Å². The molecule has 1 unspecified atom stereocenters. The number of hydrogen-bond donors (Lipinski definition) is 1. The molecule has 2 heterocycles. The molecule has 0 bridgehead atoms. The zero-order valence-electron chi connectivity index (χ0n) is 13.6. The van der Waals surface area contributed by atoms with E-state index in [0.29, 0.717) is 17.8 Å². The van der Waals surface area contributed by atoms with Crippen LogP contribution in [0.1, 0.15) is 64.3 Å². The molecule has 21 heavy (non-hydrogen) atoms. The zero-order valence-corrected chi connectivity index (χ0v) is 13.6. The van der Waals surface area contributed by atoms with Crippen LogP contribution in [0.5, 0.6) is 0 Å². The second-order valence-corrected chi connectivity index (χ2v) is 6.17. The fourth-order valence-electron chi connectivity index (χ4n) is 2.54. The van der Waals surface area contributed by atoms with Crippen LogP contribution in [0.2, 0.25) is 0 Å². The van der Waals surface area contributed by atoms with Gasteiger partial charge in [-0.05, 0) is 53.4 Å². The molecule has 0 aliphatic carbocycles. The molecule has 5 nitrogen and oxygen atoms in total. The van der Waals surface area contributed by atoms with Gasteiger partial charge >= 0.3 is 0 Å². The number of ether oxygens (including phenoxy) is 1. The standard InChI is InChI=1S/C16H27N3O2/c1-11(2)6-5-7-12(3)17-10-14-8-9-15(20-14)16-18-13(4)19-21-16/h6,12,14-15,17H,5,7-10H2,1-4H3/t12?,14-,15+/m1/s1. The van der Waals surface area contributed by atoms with Crippen LogP contribution >= 0.6 is 0 Å². The van der Waals surface area contributed by atoms with Gasteiger partial charge in [0.1, 0.15) is 6.10 Å². The van der Waals surface area contributed by atoms with E-state index in [1.165, 1.54) is 5.57 Å². The van der Waals surface area contributed by atoms with Crippen molar-refractivity contribution in [1.82, 2.24) is 15.5 Å². The molecule has 3 atom stereocenters. The maximum Gasteiger partial charge on any atom is 0.255 e. The van der Waals surface area contributed by atoms with E-state index in [1.807, 2.05) is 6.92 Å². The Morgan fingerprint density at radius 3 is 2.90 bits per heavy atom. The van der Waals surface area contributed by atoms with Gasteiger partial charge in [0.2, 0.25) is 0 Å². The van der Waals surface area contributed by atoms with Crippen molar-refractivity contribution in [2.24, 2.45) is 0 Å². The third-order valence-electron chi connectivity index (χ3n) is 3.77. The Balaban J connectivity index is 1.67. The van der Waals surface area contributed by atoms with Crippen LogP contribution in [0.4, 0.5) is 0 Å². The van der Waals surface area contributed by atoms with Gasteiger partial charge < -0.3 is 14.6 Å². The molecule has 1 aliphatic heterocycles. The minimum Gasteiger partial charge on any atom is -0.364 e. The normalized spacial score (nSPS) is 23.2. The Morgan fingerprint density at radius 2 is 2.24 bits per heavy atom. The summed E-state index contributed by atoms with van der Waals surface area (Å²) in [4.78, 5) is 4.25. The fraction of sp³-hybridized carbons (Fsp3) is 0.750. The zero-order chi connectivity index (χ0) is 15.2. The average molecular weight is 293 g/mol. The quantitative estimate of drug-likeness (QED) is 0.781. The SMILES string of the molecule is CC(C)=CCCC(C)NC[C@H]1CC[C@@H](c2nc(C)no2)O1. The van der Waals surface area contributed by atoms with Gasteiger partial charge in [0.15, 0.2) is 5.82 Å². The highest BCUT2D eigenvalue weighted by Gasteiger charge is 2.30. The van der Waals surface area contributed by atoms with E-state index in [-0.39, 0.29) is 12.2 Å². The summed E-state index contributed by atoms with van der Waals surface area (Å²) in [6, 6.07) is 0.508. The third kappa shape index (κ3) is 5.25. The number of rotatable bonds is 7. The summed E-state index contributed by atoms with van der Waals surface area (Å²) >= 11 is 0. The average Bonchev–Trinajstić information content (AvgIpc) is 3.04. The molecular weight excluding hydrogens is 266 g/mol. The second-order valence-electron chi connectivity index (χ2n) is 6.17. The van der Waals surface area contributed by atoms with E-state index < -0.39 is 0 Å². The molecule has 0 aromatic carbocycles. The first-order valence-corrected chi connectivity index (χ1v) is 7.87. The number of nitrogens with one attached hydrogen (secondary N) is 1. The summed E-state index contributed by atoms with van der Waals surface area (Å²) in [7, 11) is 0. The van der Waals surface area contributed by atoms with Gasteiger partial charge in [-0.25, -0.2) is 0 Å². The van der Waals surface area contributed by atoms with E-state index in [1.54, 1.807) is 0 Å². The number of hydrogen-bond acceptors (Lipinski definition) is 5. The molecule has 1 saturated heterocycles. The topological polar surface area (TPSA) is 60.2 Å². The summed E-state index contributed by atoms with van der Waals surface area (Å²) in [5.41, 5.74) is 1.39. The van der Waals surface area contributed by atoms with E-state index in [0.717, 1.165) is 32.2 Å².